The highest BCUT2D eigenvalue weighted by Gasteiger charge is 2.50. The highest BCUT2D eigenvalue weighted by molar-refractivity contribution is 7.91. The van der Waals surface area contributed by atoms with Gasteiger partial charge in [0.15, 0.2) is 9.84 Å². The molecule has 4 rings (SSSR count). The summed E-state index contributed by atoms with van der Waals surface area (Å²) in [5.74, 6) is 0.862. The van der Waals surface area contributed by atoms with Crippen molar-refractivity contribution in [1.82, 2.24) is 0 Å². The second-order valence-corrected chi connectivity index (χ2v) is 13.3. The fraction of sp³-hybridized carbons (Fsp3) is 0.586. The molecule has 192 valence electrons. The zero-order valence-electron chi connectivity index (χ0n) is 20.9. The second-order valence-electron chi connectivity index (χ2n) is 11.2. The standard InChI is InChI=1S/C29H39FO4S/c1-19(14-16-35(33,34)25-10-8-23(30)9-11-25)26-12-13-27-21(5-4-15-29(26,27)3)6-7-22-17-24(31)18-28(32)20(22)2/h6-11,19,24,26-28,31-32H,2,4-5,12-18H2,1,3H3/b21-6+,22-7-. The number of aliphatic hydroxyl groups excluding tert-OH is 2. The van der Waals surface area contributed by atoms with E-state index in [1.165, 1.54) is 29.8 Å². The lowest BCUT2D eigenvalue weighted by Gasteiger charge is -2.44. The zero-order chi connectivity index (χ0) is 25.4. The van der Waals surface area contributed by atoms with Gasteiger partial charge in [-0.1, -0.05) is 38.2 Å². The fourth-order valence-electron chi connectivity index (χ4n) is 6.98. The lowest BCUT2D eigenvalue weighted by Crippen LogP contribution is -2.36. The fourth-order valence-corrected chi connectivity index (χ4v) is 8.45. The molecule has 0 aromatic heterocycles. The molecule has 0 radical (unpaired) electrons. The molecule has 6 atom stereocenters. The molecule has 1 aromatic rings. The van der Waals surface area contributed by atoms with Gasteiger partial charge in [-0.3, -0.25) is 0 Å². The van der Waals surface area contributed by atoms with Crippen LogP contribution in [0, 0.1) is 29.0 Å². The third-order valence-electron chi connectivity index (χ3n) is 9.00. The number of hydrogen-bond donors (Lipinski definition) is 2. The predicted octanol–water partition coefficient (Wildman–Crippen LogP) is 5.77. The molecule has 3 fully saturated rings. The van der Waals surface area contributed by atoms with Gasteiger partial charge in [0.2, 0.25) is 0 Å². The van der Waals surface area contributed by atoms with Gasteiger partial charge in [0, 0.05) is 6.42 Å². The first kappa shape index (κ1) is 26.3. The van der Waals surface area contributed by atoms with Gasteiger partial charge in [-0.15, -0.1) is 0 Å². The number of hydrogen-bond acceptors (Lipinski definition) is 4. The molecule has 0 spiro atoms. The van der Waals surface area contributed by atoms with Gasteiger partial charge in [0.1, 0.15) is 5.82 Å². The molecule has 2 N–H and O–H groups in total. The van der Waals surface area contributed by atoms with Crippen molar-refractivity contribution in [3.63, 3.8) is 0 Å². The van der Waals surface area contributed by atoms with Crippen molar-refractivity contribution < 1.29 is 23.0 Å². The van der Waals surface area contributed by atoms with E-state index in [0.717, 1.165) is 37.7 Å². The maximum Gasteiger partial charge on any atom is 0.178 e. The van der Waals surface area contributed by atoms with Gasteiger partial charge in [-0.2, -0.15) is 0 Å². The van der Waals surface area contributed by atoms with E-state index < -0.39 is 27.9 Å². The second kappa shape index (κ2) is 10.3. The maximum atomic E-state index is 13.2. The predicted molar refractivity (Wildman–Crippen MR) is 137 cm³/mol. The van der Waals surface area contributed by atoms with E-state index in [1.54, 1.807) is 0 Å². The Labute approximate surface area is 209 Å². The molecule has 3 aliphatic rings. The smallest absolute Gasteiger partial charge is 0.178 e. The minimum atomic E-state index is -3.43. The van der Waals surface area contributed by atoms with Gasteiger partial charge in [-0.05, 0) is 104 Å². The normalized spacial score (nSPS) is 34.8. The Morgan fingerprint density at radius 2 is 1.91 bits per heavy atom. The van der Waals surface area contributed by atoms with Gasteiger partial charge < -0.3 is 10.2 Å². The first-order chi connectivity index (χ1) is 16.5. The Morgan fingerprint density at radius 1 is 1.20 bits per heavy atom. The van der Waals surface area contributed by atoms with Gasteiger partial charge in [0.05, 0.1) is 22.9 Å². The Morgan fingerprint density at radius 3 is 2.63 bits per heavy atom. The van der Waals surface area contributed by atoms with Crippen molar-refractivity contribution in [2.24, 2.45) is 23.2 Å². The Balaban J connectivity index is 1.45. The topological polar surface area (TPSA) is 74.6 Å². The summed E-state index contributed by atoms with van der Waals surface area (Å²) >= 11 is 0. The number of allylic oxidation sites excluding steroid dienone is 3. The van der Waals surface area contributed by atoms with Crippen LogP contribution >= 0.6 is 0 Å². The molecule has 0 aliphatic heterocycles. The van der Waals surface area contributed by atoms with Crippen molar-refractivity contribution in [3.8, 4) is 0 Å². The molecule has 0 bridgehead atoms. The number of sulfone groups is 1. The highest BCUT2D eigenvalue weighted by Crippen LogP contribution is 2.59. The van der Waals surface area contributed by atoms with Crippen molar-refractivity contribution in [1.29, 1.82) is 0 Å². The molecule has 0 saturated heterocycles. The maximum absolute atomic E-state index is 13.2. The summed E-state index contributed by atoms with van der Waals surface area (Å²) in [7, 11) is -3.43. The molecular weight excluding hydrogens is 463 g/mol. The number of halogens is 1. The van der Waals surface area contributed by atoms with E-state index >= 15 is 0 Å². The first-order valence-electron chi connectivity index (χ1n) is 12.9. The number of fused-ring (bicyclic) bond motifs is 1. The molecule has 6 heteroatoms. The number of rotatable bonds is 6. The summed E-state index contributed by atoms with van der Waals surface area (Å²) in [5.41, 5.74) is 3.22. The number of aliphatic hydroxyl groups is 2. The van der Waals surface area contributed by atoms with Crippen LogP contribution in [0.1, 0.15) is 65.2 Å². The monoisotopic (exact) mass is 502 g/mol. The van der Waals surface area contributed by atoms with E-state index in [2.05, 4.69) is 32.6 Å². The van der Waals surface area contributed by atoms with Crippen molar-refractivity contribution in [3.05, 3.63) is 65.5 Å². The van der Waals surface area contributed by atoms with Crippen LogP contribution < -0.4 is 0 Å². The van der Waals surface area contributed by atoms with E-state index in [-0.39, 0.29) is 22.0 Å². The molecule has 6 unspecified atom stereocenters. The van der Waals surface area contributed by atoms with Crippen LogP contribution in [0.15, 0.2) is 64.6 Å². The molecule has 0 amide bonds. The van der Waals surface area contributed by atoms with Gasteiger partial charge in [-0.25, -0.2) is 12.8 Å². The minimum Gasteiger partial charge on any atom is -0.393 e. The summed E-state index contributed by atoms with van der Waals surface area (Å²) < 4.78 is 38.8. The Bertz CT molecular complexity index is 1100. The van der Waals surface area contributed by atoms with Crippen LogP contribution in [-0.4, -0.2) is 36.6 Å². The van der Waals surface area contributed by atoms with Gasteiger partial charge in [0.25, 0.3) is 0 Å². The van der Waals surface area contributed by atoms with Gasteiger partial charge >= 0.3 is 0 Å². The van der Waals surface area contributed by atoms with Crippen LogP contribution in [0.4, 0.5) is 4.39 Å². The van der Waals surface area contributed by atoms with Crippen LogP contribution in [0.3, 0.4) is 0 Å². The first-order valence-corrected chi connectivity index (χ1v) is 14.6. The van der Waals surface area contributed by atoms with Crippen molar-refractivity contribution >= 4 is 9.84 Å². The largest absolute Gasteiger partial charge is 0.393 e. The van der Waals surface area contributed by atoms with E-state index in [4.69, 9.17) is 0 Å². The summed E-state index contributed by atoms with van der Waals surface area (Å²) in [6, 6.07) is 5.12. The van der Waals surface area contributed by atoms with Crippen LogP contribution in [0.25, 0.3) is 0 Å². The lowest BCUT2D eigenvalue weighted by molar-refractivity contribution is 0.0861. The molecule has 0 heterocycles. The SMILES string of the molecule is C=C1/C(=C\C=C2/CCCC3(C)C2CCC3C(C)CCS(=O)(=O)c2ccc(F)cc2)CC(O)CC1O. The van der Waals surface area contributed by atoms with Crippen LogP contribution in [-0.2, 0) is 9.84 Å². The highest BCUT2D eigenvalue weighted by atomic mass is 32.2. The van der Waals surface area contributed by atoms with Crippen molar-refractivity contribution in [2.75, 3.05) is 5.75 Å². The lowest BCUT2D eigenvalue weighted by atomic mass is 9.61. The Kier molecular flexibility index (Phi) is 7.75. The molecule has 3 aliphatic carbocycles. The van der Waals surface area contributed by atoms with Crippen LogP contribution in [0.5, 0.6) is 0 Å². The third kappa shape index (κ3) is 5.50. The summed E-state index contributed by atoms with van der Waals surface area (Å²) in [4.78, 5) is 0.192. The molecule has 3 saturated carbocycles. The summed E-state index contributed by atoms with van der Waals surface area (Å²) in [5, 5.41) is 20.2. The van der Waals surface area contributed by atoms with Crippen molar-refractivity contribution in [2.45, 2.75) is 82.3 Å². The third-order valence-corrected chi connectivity index (χ3v) is 10.8. The Hall–Kier alpha value is -1.76. The molecule has 4 nitrogen and oxygen atoms in total. The zero-order valence-corrected chi connectivity index (χ0v) is 21.7. The van der Waals surface area contributed by atoms with Crippen LogP contribution in [0.2, 0.25) is 0 Å². The summed E-state index contributed by atoms with van der Waals surface area (Å²) in [6.45, 7) is 8.60. The molecule has 35 heavy (non-hydrogen) atoms. The average Bonchev–Trinajstić information content (AvgIpc) is 3.17. The summed E-state index contributed by atoms with van der Waals surface area (Å²) in [6.07, 6.45) is 10.1. The van der Waals surface area contributed by atoms with E-state index in [1.807, 2.05) is 0 Å². The average molecular weight is 503 g/mol. The van der Waals surface area contributed by atoms with E-state index in [9.17, 15) is 23.0 Å². The molecular formula is C29H39FO4S. The number of benzene rings is 1. The molecule has 1 aromatic carbocycles. The minimum absolute atomic E-state index is 0.0819. The van der Waals surface area contributed by atoms with E-state index in [0.29, 0.717) is 36.7 Å². The quantitative estimate of drug-likeness (QED) is 0.485.